The Morgan fingerprint density at radius 2 is 2.12 bits per heavy atom. The standard InChI is InChI=1S/C18H26ClN3O3.HI/c1-20-18(21-8-11-24-15-6-3-2-5-14(15)19)22-9-12-25-17(13-22)16-7-4-10-23-16;/h2-3,5-6,16-17H,4,7-13H2,1H3,(H,20,21);1H. The molecule has 0 radical (unpaired) electrons. The van der Waals surface area contributed by atoms with Crippen molar-refractivity contribution in [3.63, 3.8) is 0 Å². The highest BCUT2D eigenvalue weighted by Crippen LogP contribution is 2.23. The van der Waals surface area contributed by atoms with E-state index in [-0.39, 0.29) is 36.2 Å². The molecular weight excluding hydrogens is 469 g/mol. The van der Waals surface area contributed by atoms with Crippen molar-refractivity contribution in [2.24, 2.45) is 4.99 Å². The largest absolute Gasteiger partial charge is 0.490 e. The maximum Gasteiger partial charge on any atom is 0.193 e. The number of morpholine rings is 1. The summed E-state index contributed by atoms with van der Waals surface area (Å²) in [6, 6.07) is 7.48. The highest BCUT2D eigenvalue weighted by molar-refractivity contribution is 14.0. The Morgan fingerprint density at radius 1 is 1.31 bits per heavy atom. The summed E-state index contributed by atoms with van der Waals surface area (Å²) in [7, 11) is 1.80. The van der Waals surface area contributed by atoms with Crippen molar-refractivity contribution in [1.29, 1.82) is 0 Å². The molecule has 2 saturated heterocycles. The minimum atomic E-state index is 0. The number of guanidine groups is 1. The van der Waals surface area contributed by atoms with Crippen LogP contribution in [0.1, 0.15) is 12.8 Å². The van der Waals surface area contributed by atoms with Gasteiger partial charge in [-0.05, 0) is 25.0 Å². The number of nitrogens with one attached hydrogen (secondary N) is 1. The number of aliphatic imine (C=N–C) groups is 1. The molecule has 8 heteroatoms. The molecule has 2 atom stereocenters. The molecule has 1 aromatic carbocycles. The molecule has 1 N–H and O–H groups in total. The van der Waals surface area contributed by atoms with Gasteiger partial charge in [0.15, 0.2) is 5.96 Å². The molecule has 3 rings (SSSR count). The van der Waals surface area contributed by atoms with Crippen LogP contribution in [-0.2, 0) is 9.47 Å². The Kier molecular flexibility index (Phi) is 9.24. The first kappa shape index (κ1) is 21.5. The van der Waals surface area contributed by atoms with Gasteiger partial charge in [-0.2, -0.15) is 0 Å². The maximum absolute atomic E-state index is 6.09. The van der Waals surface area contributed by atoms with Gasteiger partial charge in [0.05, 0.1) is 24.3 Å². The van der Waals surface area contributed by atoms with Crippen LogP contribution in [0.25, 0.3) is 0 Å². The summed E-state index contributed by atoms with van der Waals surface area (Å²) in [5, 5.41) is 3.98. The molecule has 0 aromatic heterocycles. The second-order valence-electron chi connectivity index (χ2n) is 6.16. The zero-order valence-corrected chi connectivity index (χ0v) is 18.1. The summed E-state index contributed by atoms with van der Waals surface area (Å²) in [6.45, 7) is 4.34. The lowest BCUT2D eigenvalue weighted by Gasteiger charge is -2.37. The third kappa shape index (κ3) is 5.87. The van der Waals surface area contributed by atoms with Crippen molar-refractivity contribution in [1.82, 2.24) is 10.2 Å². The van der Waals surface area contributed by atoms with Gasteiger partial charge in [-0.3, -0.25) is 4.99 Å². The Bertz CT molecular complexity index is 585. The molecule has 2 aliphatic rings. The topological polar surface area (TPSA) is 55.3 Å². The number of hydrogen-bond donors (Lipinski definition) is 1. The third-order valence-corrected chi connectivity index (χ3v) is 4.78. The Labute approximate surface area is 177 Å². The zero-order valence-electron chi connectivity index (χ0n) is 15.0. The van der Waals surface area contributed by atoms with E-state index in [0.717, 1.165) is 38.5 Å². The van der Waals surface area contributed by atoms with Crippen LogP contribution in [0.15, 0.2) is 29.3 Å². The van der Waals surface area contributed by atoms with E-state index in [0.29, 0.717) is 30.5 Å². The highest BCUT2D eigenvalue weighted by atomic mass is 127. The third-order valence-electron chi connectivity index (χ3n) is 4.46. The molecular formula is C18H27ClIN3O3. The molecule has 0 amide bonds. The number of ether oxygens (including phenoxy) is 3. The molecule has 146 valence electrons. The zero-order chi connectivity index (χ0) is 17.5. The first-order valence-corrected chi connectivity index (χ1v) is 9.22. The van der Waals surface area contributed by atoms with Gasteiger partial charge in [-0.25, -0.2) is 0 Å². The van der Waals surface area contributed by atoms with Gasteiger partial charge in [0.2, 0.25) is 0 Å². The van der Waals surface area contributed by atoms with Gasteiger partial charge in [-0.1, -0.05) is 23.7 Å². The molecule has 26 heavy (non-hydrogen) atoms. The van der Waals surface area contributed by atoms with Crippen LogP contribution in [0.5, 0.6) is 5.75 Å². The normalized spacial score (nSPS) is 23.5. The highest BCUT2D eigenvalue weighted by Gasteiger charge is 2.32. The van der Waals surface area contributed by atoms with Crippen molar-refractivity contribution in [3.05, 3.63) is 29.3 Å². The van der Waals surface area contributed by atoms with E-state index >= 15 is 0 Å². The predicted octanol–water partition coefficient (Wildman–Crippen LogP) is 2.79. The molecule has 2 fully saturated rings. The molecule has 0 bridgehead atoms. The van der Waals surface area contributed by atoms with Crippen molar-refractivity contribution >= 4 is 41.5 Å². The predicted molar refractivity (Wildman–Crippen MR) is 114 cm³/mol. The number of hydrogen-bond acceptors (Lipinski definition) is 4. The molecule has 2 aliphatic heterocycles. The maximum atomic E-state index is 6.09. The summed E-state index contributed by atoms with van der Waals surface area (Å²) in [4.78, 5) is 6.62. The van der Waals surface area contributed by atoms with Gasteiger partial charge in [0.1, 0.15) is 18.5 Å². The lowest BCUT2D eigenvalue weighted by molar-refractivity contribution is -0.0817. The van der Waals surface area contributed by atoms with Crippen molar-refractivity contribution in [2.45, 2.75) is 25.0 Å². The van der Waals surface area contributed by atoms with Gasteiger partial charge in [-0.15, -0.1) is 24.0 Å². The number of benzene rings is 1. The first-order chi connectivity index (χ1) is 12.3. The summed E-state index contributed by atoms with van der Waals surface area (Å²) in [6.07, 6.45) is 2.53. The Hall–Kier alpha value is -0.770. The second kappa shape index (κ2) is 11.2. The fraction of sp³-hybridized carbons (Fsp3) is 0.611. The molecule has 2 unspecified atom stereocenters. The minimum Gasteiger partial charge on any atom is -0.490 e. The van der Waals surface area contributed by atoms with Crippen LogP contribution < -0.4 is 10.1 Å². The average molecular weight is 496 g/mol. The van der Waals surface area contributed by atoms with Crippen LogP contribution in [0, 0.1) is 0 Å². The van der Waals surface area contributed by atoms with E-state index < -0.39 is 0 Å². The summed E-state index contributed by atoms with van der Waals surface area (Å²) in [5.74, 6) is 1.57. The number of nitrogens with zero attached hydrogens (tertiary/aromatic N) is 2. The Balaban J connectivity index is 0.00000243. The lowest BCUT2D eigenvalue weighted by Crippen LogP contribution is -2.53. The number of halogens is 2. The van der Waals surface area contributed by atoms with E-state index in [1.807, 2.05) is 24.3 Å². The molecule has 1 aromatic rings. The quantitative estimate of drug-likeness (QED) is 0.295. The van der Waals surface area contributed by atoms with E-state index in [4.69, 9.17) is 25.8 Å². The summed E-state index contributed by atoms with van der Waals surface area (Å²) in [5.41, 5.74) is 0. The van der Waals surface area contributed by atoms with Crippen LogP contribution >= 0.6 is 35.6 Å². The van der Waals surface area contributed by atoms with Gasteiger partial charge in [0.25, 0.3) is 0 Å². The molecule has 0 saturated carbocycles. The van der Waals surface area contributed by atoms with E-state index in [9.17, 15) is 0 Å². The monoisotopic (exact) mass is 495 g/mol. The second-order valence-corrected chi connectivity index (χ2v) is 6.57. The van der Waals surface area contributed by atoms with Crippen LogP contribution in [0.2, 0.25) is 5.02 Å². The smallest absolute Gasteiger partial charge is 0.193 e. The lowest BCUT2D eigenvalue weighted by atomic mass is 10.1. The fourth-order valence-corrected chi connectivity index (χ4v) is 3.40. The summed E-state index contributed by atoms with van der Waals surface area (Å²) < 4.78 is 17.4. The Morgan fingerprint density at radius 3 is 2.85 bits per heavy atom. The average Bonchev–Trinajstić information content (AvgIpc) is 3.18. The van der Waals surface area contributed by atoms with Crippen LogP contribution in [0.3, 0.4) is 0 Å². The SMILES string of the molecule is CN=C(NCCOc1ccccc1Cl)N1CCOC(C2CCCO2)C1.I. The minimum absolute atomic E-state index is 0. The molecule has 2 heterocycles. The van der Waals surface area contributed by atoms with E-state index in [1.165, 1.54) is 0 Å². The fourth-order valence-electron chi connectivity index (χ4n) is 3.21. The molecule has 0 aliphatic carbocycles. The van der Waals surface area contributed by atoms with E-state index in [2.05, 4.69) is 15.2 Å². The van der Waals surface area contributed by atoms with Crippen molar-refractivity contribution in [3.8, 4) is 5.75 Å². The van der Waals surface area contributed by atoms with Crippen molar-refractivity contribution < 1.29 is 14.2 Å². The molecule has 6 nitrogen and oxygen atoms in total. The van der Waals surface area contributed by atoms with Crippen molar-refractivity contribution in [2.75, 3.05) is 46.5 Å². The van der Waals surface area contributed by atoms with Crippen LogP contribution in [-0.4, -0.2) is 69.6 Å². The molecule has 0 spiro atoms. The number of rotatable bonds is 5. The van der Waals surface area contributed by atoms with Gasteiger partial charge >= 0.3 is 0 Å². The van der Waals surface area contributed by atoms with Gasteiger partial charge < -0.3 is 24.4 Å². The first-order valence-electron chi connectivity index (χ1n) is 8.84. The summed E-state index contributed by atoms with van der Waals surface area (Å²) >= 11 is 6.09. The van der Waals surface area contributed by atoms with Gasteiger partial charge in [0, 0.05) is 26.7 Å². The number of para-hydroxylation sites is 1. The van der Waals surface area contributed by atoms with Crippen LogP contribution in [0.4, 0.5) is 0 Å². The van der Waals surface area contributed by atoms with E-state index in [1.54, 1.807) is 7.05 Å².